The van der Waals surface area contributed by atoms with Crippen molar-refractivity contribution in [3.8, 4) is 11.3 Å². The van der Waals surface area contributed by atoms with Gasteiger partial charge in [0.2, 0.25) is 5.91 Å². The van der Waals surface area contributed by atoms with Crippen LogP contribution in [0.15, 0.2) is 36.5 Å². The molecular formula is C17H20N4O4. The van der Waals surface area contributed by atoms with E-state index >= 15 is 0 Å². The molecule has 0 unspecified atom stereocenters. The standard InChI is InChI=1S/C17H20N4O4/c1-23-10-15(22)18-13-8-24-17-14(9-25-16(13)17)21-7-12(19-20-21)11-5-3-2-4-6-11/h2-7,13-14,16-17H,8-10H2,1H3,(H,18,22)/t13-,14+,16-,17+/m1/s1. The summed E-state index contributed by atoms with van der Waals surface area (Å²) in [5.41, 5.74) is 1.83. The molecule has 4 rings (SSSR count). The van der Waals surface area contributed by atoms with Crippen LogP contribution in [0.1, 0.15) is 6.04 Å². The second kappa shape index (κ2) is 6.91. The largest absolute Gasteiger partial charge is 0.375 e. The van der Waals surface area contributed by atoms with E-state index < -0.39 is 0 Å². The third-order valence-electron chi connectivity index (χ3n) is 4.57. The van der Waals surface area contributed by atoms with Crippen LogP contribution in [0.25, 0.3) is 11.3 Å². The maximum Gasteiger partial charge on any atom is 0.246 e. The number of aromatic nitrogens is 3. The van der Waals surface area contributed by atoms with Gasteiger partial charge in [0.1, 0.15) is 30.6 Å². The molecule has 2 aliphatic heterocycles. The molecule has 2 aliphatic rings. The molecule has 8 heteroatoms. The predicted molar refractivity (Wildman–Crippen MR) is 87.8 cm³/mol. The van der Waals surface area contributed by atoms with Gasteiger partial charge in [0.15, 0.2) is 0 Å². The fourth-order valence-corrected chi connectivity index (χ4v) is 3.39. The summed E-state index contributed by atoms with van der Waals surface area (Å²) in [6.07, 6.45) is 1.57. The van der Waals surface area contributed by atoms with Crippen molar-refractivity contribution in [2.24, 2.45) is 0 Å². The van der Waals surface area contributed by atoms with Crippen molar-refractivity contribution in [2.75, 3.05) is 26.9 Å². The van der Waals surface area contributed by atoms with E-state index in [0.29, 0.717) is 13.2 Å². The molecule has 0 spiro atoms. The van der Waals surface area contributed by atoms with E-state index in [2.05, 4.69) is 15.6 Å². The van der Waals surface area contributed by atoms with Crippen LogP contribution in [0.3, 0.4) is 0 Å². The number of benzene rings is 1. The highest BCUT2D eigenvalue weighted by Crippen LogP contribution is 2.34. The van der Waals surface area contributed by atoms with Gasteiger partial charge >= 0.3 is 0 Å². The first-order chi connectivity index (χ1) is 12.3. The third-order valence-corrected chi connectivity index (χ3v) is 4.57. The molecule has 2 fully saturated rings. The van der Waals surface area contributed by atoms with Crippen LogP contribution in [0.5, 0.6) is 0 Å². The Hall–Kier alpha value is -2.29. The fourth-order valence-electron chi connectivity index (χ4n) is 3.39. The maximum atomic E-state index is 11.7. The van der Waals surface area contributed by atoms with Gasteiger partial charge in [-0.3, -0.25) is 4.79 Å². The Morgan fingerprint density at radius 1 is 1.28 bits per heavy atom. The van der Waals surface area contributed by atoms with Gasteiger partial charge in [-0.15, -0.1) is 5.10 Å². The lowest BCUT2D eigenvalue weighted by molar-refractivity contribution is -0.126. The fraction of sp³-hybridized carbons (Fsp3) is 0.471. The van der Waals surface area contributed by atoms with Gasteiger partial charge < -0.3 is 19.5 Å². The molecule has 8 nitrogen and oxygen atoms in total. The normalized spacial score (nSPS) is 28.0. The summed E-state index contributed by atoms with van der Waals surface area (Å²) in [5.74, 6) is -0.170. The van der Waals surface area contributed by atoms with Gasteiger partial charge in [-0.05, 0) is 0 Å². The second-order valence-corrected chi connectivity index (χ2v) is 6.22. The molecule has 1 aromatic carbocycles. The Kier molecular flexibility index (Phi) is 4.48. The second-order valence-electron chi connectivity index (χ2n) is 6.22. The van der Waals surface area contributed by atoms with Gasteiger partial charge in [-0.2, -0.15) is 0 Å². The van der Waals surface area contributed by atoms with Crippen LogP contribution in [0, 0.1) is 0 Å². The lowest BCUT2D eigenvalue weighted by Gasteiger charge is -2.17. The van der Waals surface area contributed by atoms with E-state index in [1.807, 2.05) is 36.5 Å². The minimum absolute atomic E-state index is 0.0286. The van der Waals surface area contributed by atoms with E-state index in [-0.39, 0.29) is 36.8 Å². The number of amides is 1. The highest BCUT2D eigenvalue weighted by Gasteiger charge is 2.49. The third kappa shape index (κ3) is 3.15. The summed E-state index contributed by atoms with van der Waals surface area (Å²) in [7, 11) is 1.49. The van der Waals surface area contributed by atoms with Crippen molar-refractivity contribution in [2.45, 2.75) is 24.3 Å². The van der Waals surface area contributed by atoms with Crippen LogP contribution in [-0.4, -0.2) is 66.1 Å². The van der Waals surface area contributed by atoms with Gasteiger partial charge in [-0.25, -0.2) is 4.68 Å². The van der Waals surface area contributed by atoms with Crippen LogP contribution >= 0.6 is 0 Å². The summed E-state index contributed by atoms with van der Waals surface area (Å²) < 4.78 is 18.4. The lowest BCUT2D eigenvalue weighted by atomic mass is 10.1. The predicted octanol–water partition coefficient (Wildman–Crippen LogP) is 0.415. The van der Waals surface area contributed by atoms with E-state index in [1.54, 1.807) is 4.68 Å². The molecule has 3 heterocycles. The van der Waals surface area contributed by atoms with Gasteiger partial charge in [-0.1, -0.05) is 35.5 Å². The zero-order valence-electron chi connectivity index (χ0n) is 13.9. The molecular weight excluding hydrogens is 324 g/mol. The molecule has 0 saturated carbocycles. The summed E-state index contributed by atoms with van der Waals surface area (Å²) in [6, 6.07) is 9.67. The maximum absolute atomic E-state index is 11.7. The number of carbonyl (C=O) groups excluding carboxylic acids is 1. The Labute approximate surface area is 145 Å². The number of hydrogen-bond donors (Lipinski definition) is 1. The zero-order chi connectivity index (χ0) is 17.2. The van der Waals surface area contributed by atoms with Crippen molar-refractivity contribution >= 4 is 5.91 Å². The summed E-state index contributed by atoms with van der Waals surface area (Å²) in [5, 5.41) is 11.4. The highest BCUT2D eigenvalue weighted by molar-refractivity contribution is 5.77. The van der Waals surface area contributed by atoms with Crippen LogP contribution in [-0.2, 0) is 19.0 Å². The number of nitrogens with one attached hydrogen (secondary N) is 1. The first-order valence-corrected chi connectivity index (χ1v) is 8.25. The molecule has 2 saturated heterocycles. The van der Waals surface area contributed by atoms with Crippen molar-refractivity contribution in [3.63, 3.8) is 0 Å². The number of fused-ring (bicyclic) bond motifs is 1. The van der Waals surface area contributed by atoms with Gasteiger partial charge in [0.05, 0.1) is 25.5 Å². The topological polar surface area (TPSA) is 87.5 Å². The van der Waals surface area contributed by atoms with Crippen molar-refractivity contribution < 1.29 is 19.0 Å². The smallest absolute Gasteiger partial charge is 0.246 e. The van der Waals surface area contributed by atoms with E-state index in [9.17, 15) is 4.79 Å². The van der Waals surface area contributed by atoms with E-state index in [4.69, 9.17) is 14.2 Å². The molecule has 0 aliphatic carbocycles. The number of methoxy groups -OCH3 is 1. The molecule has 25 heavy (non-hydrogen) atoms. The van der Waals surface area contributed by atoms with Crippen LogP contribution in [0.2, 0.25) is 0 Å². The van der Waals surface area contributed by atoms with Crippen molar-refractivity contribution in [3.05, 3.63) is 36.5 Å². The quantitative estimate of drug-likeness (QED) is 0.846. The number of hydrogen-bond acceptors (Lipinski definition) is 6. The van der Waals surface area contributed by atoms with E-state index in [0.717, 1.165) is 11.3 Å². The lowest BCUT2D eigenvalue weighted by Crippen LogP contribution is -2.45. The number of rotatable bonds is 5. The average molecular weight is 344 g/mol. The van der Waals surface area contributed by atoms with Crippen molar-refractivity contribution in [1.82, 2.24) is 20.3 Å². The minimum atomic E-state index is -0.185. The Morgan fingerprint density at radius 3 is 2.88 bits per heavy atom. The minimum Gasteiger partial charge on any atom is -0.375 e. The first-order valence-electron chi connectivity index (χ1n) is 8.25. The Balaban J connectivity index is 1.45. The van der Waals surface area contributed by atoms with E-state index in [1.165, 1.54) is 7.11 Å². The van der Waals surface area contributed by atoms with Gasteiger partial charge in [0, 0.05) is 12.7 Å². The SMILES string of the molecule is COCC(=O)N[C@@H]1CO[C@@H]2[C@@H]1OC[C@@H]2n1cc(-c2ccccc2)nn1. The highest BCUT2D eigenvalue weighted by atomic mass is 16.6. The molecule has 4 atom stereocenters. The number of ether oxygens (including phenoxy) is 3. The van der Waals surface area contributed by atoms with Gasteiger partial charge in [0.25, 0.3) is 0 Å². The van der Waals surface area contributed by atoms with Crippen molar-refractivity contribution in [1.29, 1.82) is 0 Å². The molecule has 132 valence electrons. The zero-order valence-corrected chi connectivity index (χ0v) is 13.9. The average Bonchev–Trinajstić information content (AvgIpc) is 3.33. The molecule has 1 N–H and O–H groups in total. The van der Waals surface area contributed by atoms with Crippen LogP contribution in [0.4, 0.5) is 0 Å². The van der Waals surface area contributed by atoms with Crippen LogP contribution < -0.4 is 5.32 Å². The number of carbonyl (C=O) groups is 1. The summed E-state index contributed by atoms with van der Waals surface area (Å²) in [4.78, 5) is 11.7. The Morgan fingerprint density at radius 2 is 2.08 bits per heavy atom. The summed E-state index contributed by atoms with van der Waals surface area (Å²) >= 11 is 0. The molecule has 0 radical (unpaired) electrons. The summed E-state index contributed by atoms with van der Waals surface area (Å²) in [6.45, 7) is 0.923. The molecule has 2 aromatic rings. The molecule has 0 bridgehead atoms. The Bertz CT molecular complexity index is 735. The monoisotopic (exact) mass is 344 g/mol. The molecule has 1 amide bonds. The number of nitrogens with zero attached hydrogens (tertiary/aromatic N) is 3. The first kappa shape index (κ1) is 16.2. The molecule has 1 aromatic heterocycles.